The molecule has 1 atom stereocenters. The lowest BCUT2D eigenvalue weighted by Gasteiger charge is -2.27. The van der Waals surface area contributed by atoms with Gasteiger partial charge in [0.1, 0.15) is 0 Å². The summed E-state index contributed by atoms with van der Waals surface area (Å²) in [5, 5.41) is 2.95. The molecule has 1 N–H and O–H groups in total. The van der Waals surface area contributed by atoms with E-state index in [1.165, 1.54) is 0 Å². The van der Waals surface area contributed by atoms with Crippen LogP contribution in [0, 0.1) is 5.92 Å². The number of benzene rings is 1. The Bertz CT molecular complexity index is 595. The van der Waals surface area contributed by atoms with Gasteiger partial charge in [0.25, 0.3) is 0 Å². The van der Waals surface area contributed by atoms with Gasteiger partial charge in [0.15, 0.2) is 0 Å². The summed E-state index contributed by atoms with van der Waals surface area (Å²) in [5.74, 6) is 0.580. The largest absolute Gasteiger partial charge is 0.326 e. The van der Waals surface area contributed by atoms with Gasteiger partial charge in [-0.2, -0.15) is 0 Å². The molecule has 4 nitrogen and oxygen atoms in total. The minimum atomic E-state index is 0.0404. The van der Waals surface area contributed by atoms with Gasteiger partial charge in [0, 0.05) is 30.8 Å². The van der Waals surface area contributed by atoms with Gasteiger partial charge in [-0.1, -0.05) is 18.2 Å². The van der Waals surface area contributed by atoms with Crippen LogP contribution in [-0.2, 0) is 9.59 Å². The standard InChI is InChI=1S/C18H22N2O2/c21-17(12-14-6-1-2-7-14)19-15-8-5-9-16(13-15)20-11-4-3-10-18(20)22/h1,5-6,8-9,13-14H,2-4,7,10-12H2,(H,19,21)/t14-/m0/s1. The summed E-state index contributed by atoms with van der Waals surface area (Å²) in [5.41, 5.74) is 1.64. The van der Waals surface area contributed by atoms with Crippen molar-refractivity contribution in [3.05, 3.63) is 36.4 Å². The van der Waals surface area contributed by atoms with E-state index in [2.05, 4.69) is 17.5 Å². The summed E-state index contributed by atoms with van der Waals surface area (Å²) in [7, 11) is 0. The highest BCUT2D eigenvalue weighted by Gasteiger charge is 2.20. The van der Waals surface area contributed by atoms with Gasteiger partial charge >= 0.3 is 0 Å². The van der Waals surface area contributed by atoms with Crippen molar-refractivity contribution in [2.75, 3.05) is 16.8 Å². The summed E-state index contributed by atoms with van der Waals surface area (Å²) in [6.45, 7) is 0.767. The third-order valence-electron chi connectivity index (χ3n) is 4.32. The maximum Gasteiger partial charge on any atom is 0.226 e. The molecule has 0 saturated carbocycles. The second-order valence-corrected chi connectivity index (χ2v) is 6.07. The first-order valence-electron chi connectivity index (χ1n) is 8.09. The zero-order chi connectivity index (χ0) is 15.4. The number of anilines is 2. The van der Waals surface area contributed by atoms with Crippen LogP contribution in [0.5, 0.6) is 0 Å². The minimum absolute atomic E-state index is 0.0404. The number of nitrogens with one attached hydrogen (secondary N) is 1. The van der Waals surface area contributed by atoms with Crippen molar-refractivity contribution < 1.29 is 9.59 Å². The van der Waals surface area contributed by atoms with Crippen molar-refractivity contribution in [1.82, 2.24) is 0 Å². The number of nitrogens with zero attached hydrogens (tertiary/aromatic N) is 1. The maximum atomic E-state index is 12.1. The predicted octanol–water partition coefficient (Wildman–Crippen LogP) is 3.50. The van der Waals surface area contributed by atoms with E-state index in [1.54, 1.807) is 0 Å². The highest BCUT2D eigenvalue weighted by Crippen LogP contribution is 2.25. The zero-order valence-corrected chi connectivity index (χ0v) is 12.8. The molecule has 0 spiro atoms. The number of rotatable bonds is 4. The number of carbonyl (C=O) groups is 2. The van der Waals surface area contributed by atoms with E-state index < -0.39 is 0 Å². The van der Waals surface area contributed by atoms with Crippen molar-refractivity contribution in [2.24, 2.45) is 5.92 Å². The molecule has 1 aliphatic heterocycles. The van der Waals surface area contributed by atoms with Crippen LogP contribution in [0.3, 0.4) is 0 Å². The first kappa shape index (κ1) is 14.8. The van der Waals surface area contributed by atoms with E-state index in [0.29, 0.717) is 18.8 Å². The SMILES string of the molecule is O=C(C[C@H]1C=CCC1)Nc1cccc(N2CCCCC2=O)c1. The third-order valence-corrected chi connectivity index (χ3v) is 4.32. The number of carbonyl (C=O) groups excluding carboxylic acids is 2. The second-order valence-electron chi connectivity index (χ2n) is 6.07. The van der Waals surface area contributed by atoms with E-state index >= 15 is 0 Å². The summed E-state index contributed by atoms with van der Waals surface area (Å²) >= 11 is 0. The molecule has 4 heteroatoms. The Labute approximate surface area is 131 Å². The number of amides is 2. The molecule has 1 aliphatic carbocycles. The summed E-state index contributed by atoms with van der Waals surface area (Å²) in [6.07, 6.45) is 9.56. The Hall–Kier alpha value is -2.10. The number of allylic oxidation sites excluding steroid dienone is 2. The minimum Gasteiger partial charge on any atom is -0.326 e. The van der Waals surface area contributed by atoms with Gasteiger partial charge in [0.2, 0.25) is 11.8 Å². The average Bonchev–Trinajstić information content (AvgIpc) is 3.00. The average molecular weight is 298 g/mol. The molecular formula is C18H22N2O2. The fourth-order valence-electron chi connectivity index (χ4n) is 3.15. The second kappa shape index (κ2) is 6.77. The molecule has 3 rings (SSSR count). The molecule has 22 heavy (non-hydrogen) atoms. The molecule has 0 radical (unpaired) electrons. The monoisotopic (exact) mass is 298 g/mol. The van der Waals surface area contributed by atoms with E-state index in [1.807, 2.05) is 29.2 Å². The molecule has 116 valence electrons. The lowest BCUT2D eigenvalue weighted by molar-refractivity contribution is -0.119. The van der Waals surface area contributed by atoms with Crippen molar-refractivity contribution in [3.8, 4) is 0 Å². The van der Waals surface area contributed by atoms with Crippen LogP contribution in [0.4, 0.5) is 11.4 Å². The van der Waals surface area contributed by atoms with Crippen LogP contribution in [0.25, 0.3) is 0 Å². The van der Waals surface area contributed by atoms with Crippen molar-refractivity contribution in [1.29, 1.82) is 0 Å². The fourth-order valence-corrected chi connectivity index (χ4v) is 3.15. The van der Waals surface area contributed by atoms with Crippen LogP contribution in [-0.4, -0.2) is 18.4 Å². The Morgan fingerprint density at radius 2 is 2.23 bits per heavy atom. The third kappa shape index (κ3) is 3.56. The van der Waals surface area contributed by atoms with Crippen molar-refractivity contribution >= 4 is 23.2 Å². The number of hydrogen-bond donors (Lipinski definition) is 1. The Morgan fingerprint density at radius 1 is 1.32 bits per heavy atom. The van der Waals surface area contributed by atoms with Crippen LogP contribution in [0.1, 0.15) is 38.5 Å². The van der Waals surface area contributed by atoms with E-state index in [-0.39, 0.29) is 11.8 Å². The molecular weight excluding hydrogens is 276 g/mol. The zero-order valence-electron chi connectivity index (χ0n) is 12.8. The molecule has 0 aromatic heterocycles. The van der Waals surface area contributed by atoms with Crippen LogP contribution in [0.15, 0.2) is 36.4 Å². The molecule has 1 fully saturated rings. The lowest BCUT2D eigenvalue weighted by atomic mass is 10.0. The molecule has 2 aliphatic rings. The van der Waals surface area contributed by atoms with Crippen molar-refractivity contribution in [3.63, 3.8) is 0 Å². The molecule has 0 bridgehead atoms. The first-order chi connectivity index (χ1) is 10.7. The van der Waals surface area contributed by atoms with Gasteiger partial charge in [0.05, 0.1) is 0 Å². The molecule has 1 heterocycles. The quantitative estimate of drug-likeness (QED) is 0.865. The van der Waals surface area contributed by atoms with Gasteiger partial charge in [-0.25, -0.2) is 0 Å². The van der Waals surface area contributed by atoms with E-state index in [9.17, 15) is 9.59 Å². The summed E-state index contributed by atoms with van der Waals surface area (Å²) < 4.78 is 0. The molecule has 0 unspecified atom stereocenters. The van der Waals surface area contributed by atoms with Crippen LogP contribution >= 0.6 is 0 Å². The fraction of sp³-hybridized carbons (Fsp3) is 0.444. The van der Waals surface area contributed by atoms with E-state index in [4.69, 9.17) is 0 Å². The molecule has 1 aromatic carbocycles. The van der Waals surface area contributed by atoms with Gasteiger partial charge in [-0.3, -0.25) is 9.59 Å². The topological polar surface area (TPSA) is 49.4 Å². The maximum absolute atomic E-state index is 12.1. The van der Waals surface area contributed by atoms with Gasteiger partial charge < -0.3 is 10.2 Å². The number of hydrogen-bond acceptors (Lipinski definition) is 2. The normalized spacial score (nSPS) is 21.2. The Kier molecular flexibility index (Phi) is 4.56. The van der Waals surface area contributed by atoms with Gasteiger partial charge in [-0.05, 0) is 49.8 Å². The summed E-state index contributed by atoms with van der Waals surface area (Å²) in [6, 6.07) is 7.59. The Morgan fingerprint density at radius 3 is 3.00 bits per heavy atom. The summed E-state index contributed by atoms with van der Waals surface area (Å²) in [4.78, 5) is 25.9. The first-order valence-corrected chi connectivity index (χ1v) is 8.09. The highest BCUT2D eigenvalue weighted by molar-refractivity contribution is 5.96. The van der Waals surface area contributed by atoms with Crippen LogP contribution < -0.4 is 10.2 Å². The van der Waals surface area contributed by atoms with Gasteiger partial charge in [-0.15, -0.1) is 0 Å². The Balaban J connectivity index is 1.64. The molecule has 2 amide bonds. The predicted molar refractivity (Wildman–Crippen MR) is 87.8 cm³/mol. The van der Waals surface area contributed by atoms with Crippen LogP contribution in [0.2, 0.25) is 0 Å². The van der Waals surface area contributed by atoms with Crippen molar-refractivity contribution in [2.45, 2.75) is 38.5 Å². The smallest absolute Gasteiger partial charge is 0.226 e. The number of piperidine rings is 1. The lowest BCUT2D eigenvalue weighted by Crippen LogP contribution is -2.35. The van der Waals surface area contributed by atoms with E-state index in [0.717, 1.165) is 43.6 Å². The molecule has 1 aromatic rings. The highest BCUT2D eigenvalue weighted by atomic mass is 16.2. The molecule has 1 saturated heterocycles.